The first-order chi connectivity index (χ1) is 1.41. The smallest absolute Gasteiger partial charge is 0.103 e. The fourth-order valence-electron chi connectivity index (χ4n) is 0. The van der Waals surface area contributed by atoms with Gasteiger partial charge >= 0.3 is 0 Å². The van der Waals surface area contributed by atoms with Gasteiger partial charge in [0, 0.05) is 22.4 Å². The summed E-state index contributed by atoms with van der Waals surface area (Å²) in [6, 6.07) is 0. The summed E-state index contributed by atoms with van der Waals surface area (Å²) in [7, 11) is 0. The summed E-state index contributed by atoms with van der Waals surface area (Å²) >= 11 is 0. The molecule has 0 aliphatic rings. The van der Waals surface area contributed by atoms with E-state index in [9.17, 15) is 0 Å². The van der Waals surface area contributed by atoms with E-state index >= 15 is 0 Å². The van der Waals surface area contributed by atoms with Crippen LogP contribution < -0.4 is 0 Å². The van der Waals surface area contributed by atoms with E-state index in [0.717, 1.165) is 0 Å². The van der Waals surface area contributed by atoms with Crippen LogP contribution in [0.3, 0.4) is 0 Å². The van der Waals surface area contributed by atoms with Gasteiger partial charge < -0.3 is 5.11 Å². The third kappa shape index (κ3) is 253. The molecule has 0 aromatic rings. The molecule has 0 saturated heterocycles. The summed E-state index contributed by atoms with van der Waals surface area (Å²) in [6.45, 7) is 0. The Bertz CT molecular complexity index is 27.5. The summed E-state index contributed by atoms with van der Waals surface area (Å²) in [4.78, 5) is 0. The molecule has 0 spiro atoms. The van der Waals surface area contributed by atoms with Crippen molar-refractivity contribution in [3.63, 3.8) is 0 Å². The molecule has 0 aliphatic carbocycles. The Morgan fingerprint density at radius 2 is 1.75 bits per heavy atom. The molecule has 1 N–H and O–H groups in total. The van der Waals surface area contributed by atoms with E-state index in [4.69, 9.17) is 5.11 Å². The van der Waals surface area contributed by atoms with Crippen molar-refractivity contribution in [2.45, 2.75) is 0 Å². The Morgan fingerprint density at radius 3 is 1.75 bits per heavy atom. The van der Waals surface area contributed by atoms with Crippen LogP contribution in [-0.4, -0.2) is 5.11 Å². The predicted octanol–water partition coefficient (Wildman–Crippen LogP) is -0.0529. The molecule has 0 fully saturated rings. The number of aliphatic hydroxyl groups excluding tert-OH is 1. The maximum Gasteiger partial charge on any atom is 0.103 e. The molecule has 0 saturated carbocycles. The van der Waals surface area contributed by atoms with Gasteiger partial charge in [-0.1, -0.05) is 6.42 Å². The summed E-state index contributed by atoms with van der Waals surface area (Å²) in [5, 5.41) is 7.10. The van der Waals surface area contributed by atoms with Crippen molar-refractivity contribution in [3.8, 4) is 12.5 Å². The third-order valence-electron chi connectivity index (χ3n) is 0. The SMILES string of the molecule is C#CO.[Ag]. The first kappa shape index (κ1) is 8.93. The van der Waals surface area contributed by atoms with Crippen molar-refractivity contribution in [3.05, 3.63) is 0 Å². The molecule has 0 amide bonds. The van der Waals surface area contributed by atoms with Crippen LogP contribution in [0.2, 0.25) is 0 Å². The summed E-state index contributed by atoms with van der Waals surface area (Å²) in [6.07, 6.45) is 5.40. The second kappa shape index (κ2) is 11.3. The standard InChI is InChI=1S/C2H2O.Ag/c1-2-3;/h1,3H;. The summed E-state index contributed by atoms with van der Waals surface area (Å²) < 4.78 is 0. The van der Waals surface area contributed by atoms with Crippen LogP contribution in [0.25, 0.3) is 0 Å². The first-order valence-corrected chi connectivity index (χ1v) is 0.512. The number of hydrogen-bond acceptors (Lipinski definition) is 1. The van der Waals surface area contributed by atoms with Crippen molar-refractivity contribution in [1.82, 2.24) is 0 Å². The fourth-order valence-corrected chi connectivity index (χ4v) is 0. The van der Waals surface area contributed by atoms with Crippen LogP contribution in [0.1, 0.15) is 0 Å². The van der Waals surface area contributed by atoms with Gasteiger partial charge in [-0.05, 0) is 0 Å². The van der Waals surface area contributed by atoms with Crippen LogP contribution in [0, 0.1) is 12.5 Å². The van der Waals surface area contributed by atoms with E-state index in [0.29, 0.717) is 0 Å². The van der Waals surface area contributed by atoms with Gasteiger partial charge in [-0.3, -0.25) is 0 Å². The van der Waals surface area contributed by atoms with Gasteiger partial charge in [-0.25, -0.2) is 0 Å². The predicted molar refractivity (Wildman–Crippen MR) is 10.8 cm³/mol. The topological polar surface area (TPSA) is 20.2 Å². The second-order valence-corrected chi connectivity index (χ2v) is 0.129. The Kier molecular flexibility index (Phi) is 25.2. The van der Waals surface area contributed by atoms with Crippen molar-refractivity contribution >= 4 is 0 Å². The molecule has 0 aliphatic heterocycles. The Labute approximate surface area is 40.5 Å². The molecular weight excluding hydrogens is 148 g/mol. The van der Waals surface area contributed by atoms with E-state index in [1.165, 1.54) is 6.11 Å². The molecular formula is C2H2AgO. The van der Waals surface area contributed by atoms with Crippen LogP contribution in [0.4, 0.5) is 0 Å². The molecule has 0 unspecified atom stereocenters. The normalized spacial score (nSPS) is 1.75. The van der Waals surface area contributed by atoms with E-state index in [-0.39, 0.29) is 22.4 Å². The zero-order valence-corrected chi connectivity index (χ0v) is 3.31. The molecule has 4 heavy (non-hydrogen) atoms. The quantitative estimate of drug-likeness (QED) is 0.379. The average molecular weight is 150 g/mol. The van der Waals surface area contributed by atoms with Crippen LogP contribution in [0.5, 0.6) is 0 Å². The average Bonchev–Trinajstić information content (AvgIpc) is 0.918. The number of hydrogen-bond donors (Lipinski definition) is 1. The van der Waals surface area contributed by atoms with Gasteiger partial charge in [0.05, 0.1) is 0 Å². The first-order valence-electron chi connectivity index (χ1n) is 0.512. The van der Waals surface area contributed by atoms with Crippen LogP contribution in [0.15, 0.2) is 0 Å². The van der Waals surface area contributed by atoms with Crippen molar-refractivity contribution < 1.29 is 27.5 Å². The zero-order chi connectivity index (χ0) is 2.71. The molecule has 1 nitrogen and oxygen atoms in total. The molecule has 0 rings (SSSR count). The van der Waals surface area contributed by atoms with Crippen LogP contribution in [-0.2, 0) is 22.4 Å². The summed E-state index contributed by atoms with van der Waals surface area (Å²) in [5.41, 5.74) is 0. The summed E-state index contributed by atoms with van der Waals surface area (Å²) in [5.74, 6) is 0. The minimum Gasteiger partial charge on any atom is -0.462 e. The minimum absolute atomic E-state index is 0. The van der Waals surface area contributed by atoms with Gasteiger partial charge in [0.1, 0.15) is 6.11 Å². The van der Waals surface area contributed by atoms with Gasteiger partial charge in [0.2, 0.25) is 0 Å². The molecule has 0 atom stereocenters. The molecule has 2 heteroatoms. The maximum atomic E-state index is 7.10. The van der Waals surface area contributed by atoms with E-state index in [2.05, 4.69) is 6.42 Å². The molecule has 1 radical (unpaired) electrons. The van der Waals surface area contributed by atoms with Crippen molar-refractivity contribution in [2.24, 2.45) is 0 Å². The number of terminal acetylenes is 1. The molecule has 0 bridgehead atoms. The number of rotatable bonds is 0. The Balaban J connectivity index is 0. The van der Waals surface area contributed by atoms with Gasteiger partial charge in [0.25, 0.3) is 0 Å². The Morgan fingerprint density at radius 1 is 1.75 bits per heavy atom. The third-order valence-corrected chi connectivity index (χ3v) is 0. The zero-order valence-electron chi connectivity index (χ0n) is 1.83. The van der Waals surface area contributed by atoms with Gasteiger partial charge in [-0.2, -0.15) is 0 Å². The monoisotopic (exact) mass is 149 g/mol. The second-order valence-electron chi connectivity index (χ2n) is 0.129. The fraction of sp³-hybridized carbons (Fsp3) is 0. The van der Waals surface area contributed by atoms with Crippen LogP contribution >= 0.6 is 0 Å². The van der Waals surface area contributed by atoms with Crippen molar-refractivity contribution in [1.29, 1.82) is 0 Å². The largest absolute Gasteiger partial charge is 0.462 e. The Hall–Kier alpha value is 0.100. The van der Waals surface area contributed by atoms with E-state index in [1.54, 1.807) is 0 Å². The molecule has 27 valence electrons. The molecule has 0 aromatic heterocycles. The minimum atomic E-state index is 0. The number of aliphatic hydroxyl groups is 1. The van der Waals surface area contributed by atoms with Gasteiger partial charge in [-0.15, -0.1) is 0 Å². The van der Waals surface area contributed by atoms with Crippen molar-refractivity contribution in [2.75, 3.05) is 0 Å². The molecule has 0 heterocycles. The maximum absolute atomic E-state index is 7.10. The van der Waals surface area contributed by atoms with E-state index < -0.39 is 0 Å². The van der Waals surface area contributed by atoms with E-state index in [1.807, 2.05) is 0 Å². The molecule has 0 aromatic carbocycles. The van der Waals surface area contributed by atoms with Gasteiger partial charge in [0.15, 0.2) is 0 Å².